The highest BCUT2D eigenvalue weighted by Crippen LogP contribution is 2.29. The van der Waals surface area contributed by atoms with E-state index in [1.165, 1.54) is 12.1 Å². The van der Waals surface area contributed by atoms with Crippen molar-refractivity contribution in [1.82, 2.24) is 14.8 Å². The molecule has 0 spiro atoms. The van der Waals surface area contributed by atoms with Crippen molar-refractivity contribution in [2.75, 3.05) is 19.7 Å². The number of halogens is 2. The number of aromatic nitrogens is 1. The number of carbonyl (C=O) groups is 1. The van der Waals surface area contributed by atoms with Crippen LogP contribution in [-0.2, 0) is 11.3 Å². The second-order valence-electron chi connectivity index (χ2n) is 8.03. The minimum atomic E-state index is -0.232. The Kier molecular flexibility index (Phi) is 6.39. The van der Waals surface area contributed by atoms with Crippen molar-refractivity contribution >= 4 is 28.4 Å². The molecule has 1 amide bonds. The van der Waals surface area contributed by atoms with Gasteiger partial charge in [-0.25, -0.2) is 4.39 Å². The fourth-order valence-corrected chi connectivity index (χ4v) is 4.26. The number of benzene rings is 2. The number of amides is 1. The van der Waals surface area contributed by atoms with E-state index in [4.69, 9.17) is 16.3 Å². The molecule has 1 aliphatic rings. The summed E-state index contributed by atoms with van der Waals surface area (Å²) in [6.45, 7) is 6.18. The van der Waals surface area contributed by atoms with Gasteiger partial charge in [-0.15, -0.1) is 0 Å². The van der Waals surface area contributed by atoms with Gasteiger partial charge < -0.3 is 9.64 Å². The number of rotatable bonds is 5. The van der Waals surface area contributed by atoms with E-state index in [-0.39, 0.29) is 30.4 Å². The van der Waals surface area contributed by atoms with Crippen molar-refractivity contribution in [2.45, 2.75) is 32.5 Å². The van der Waals surface area contributed by atoms with Gasteiger partial charge in [-0.2, -0.15) is 0 Å². The van der Waals surface area contributed by atoms with Crippen LogP contribution in [0.3, 0.4) is 0 Å². The molecule has 7 heteroatoms. The number of pyridine rings is 1. The molecule has 162 valence electrons. The van der Waals surface area contributed by atoms with Gasteiger partial charge >= 0.3 is 0 Å². The molecular weight excluding hydrogens is 417 g/mol. The number of ether oxygens (including phenoxy) is 1. The van der Waals surface area contributed by atoms with E-state index in [1.54, 1.807) is 18.3 Å². The fraction of sp³-hybridized carbons (Fsp3) is 0.333. The lowest BCUT2D eigenvalue weighted by Crippen LogP contribution is -2.58. The molecule has 4 rings (SSSR count). The van der Waals surface area contributed by atoms with Crippen LogP contribution < -0.4 is 4.74 Å². The number of hydrogen-bond acceptors (Lipinski definition) is 4. The zero-order valence-electron chi connectivity index (χ0n) is 17.6. The lowest BCUT2D eigenvalue weighted by molar-refractivity contribution is -0.139. The van der Waals surface area contributed by atoms with Crippen LogP contribution in [0.15, 0.2) is 54.7 Å². The second kappa shape index (κ2) is 9.20. The summed E-state index contributed by atoms with van der Waals surface area (Å²) in [5.74, 6) is 0.257. The maximum Gasteiger partial charge on any atom is 0.260 e. The predicted octanol–water partition coefficient (Wildman–Crippen LogP) is 4.53. The first-order chi connectivity index (χ1) is 14.9. The highest BCUT2D eigenvalue weighted by atomic mass is 35.5. The number of nitrogens with zero attached hydrogens (tertiary/aromatic N) is 3. The van der Waals surface area contributed by atoms with E-state index in [1.807, 2.05) is 36.1 Å². The zero-order valence-corrected chi connectivity index (χ0v) is 18.3. The molecule has 0 unspecified atom stereocenters. The first-order valence-electron chi connectivity index (χ1n) is 10.4. The third kappa shape index (κ3) is 4.81. The Bertz CT molecular complexity index is 1080. The van der Waals surface area contributed by atoms with Gasteiger partial charge in [0.15, 0.2) is 6.61 Å². The Labute approximate surface area is 186 Å². The van der Waals surface area contributed by atoms with Crippen LogP contribution in [0.1, 0.15) is 19.4 Å². The number of piperazine rings is 1. The summed E-state index contributed by atoms with van der Waals surface area (Å²) in [6, 6.07) is 14.0. The number of carbonyl (C=O) groups excluding carboxylic acids is 1. The Balaban J connectivity index is 1.39. The van der Waals surface area contributed by atoms with Gasteiger partial charge in [0.1, 0.15) is 17.1 Å². The van der Waals surface area contributed by atoms with Gasteiger partial charge in [-0.05, 0) is 55.8 Å². The van der Waals surface area contributed by atoms with E-state index in [2.05, 4.69) is 16.8 Å². The Morgan fingerprint density at radius 2 is 1.90 bits per heavy atom. The molecule has 2 atom stereocenters. The average Bonchev–Trinajstić information content (AvgIpc) is 2.77. The van der Waals surface area contributed by atoms with Crippen LogP contribution in [0.5, 0.6) is 5.75 Å². The van der Waals surface area contributed by atoms with E-state index in [0.717, 1.165) is 24.0 Å². The van der Waals surface area contributed by atoms with E-state index < -0.39 is 0 Å². The summed E-state index contributed by atoms with van der Waals surface area (Å²) in [6.07, 6.45) is 1.68. The lowest BCUT2D eigenvalue weighted by Gasteiger charge is -2.44. The van der Waals surface area contributed by atoms with Gasteiger partial charge in [-0.3, -0.25) is 14.7 Å². The predicted molar refractivity (Wildman–Crippen MR) is 120 cm³/mol. The van der Waals surface area contributed by atoms with Crippen molar-refractivity contribution in [3.8, 4) is 5.75 Å². The standard InChI is InChI=1S/C24H25ClFN3O2/c1-16-13-29(17(2)12-28(16)14-18-5-7-19(26)8-6-18)23(30)15-31-22-10-9-21(25)20-4-3-11-27-24(20)22/h3-11,16-17H,12-15H2,1-2H3/t16-,17+/m1/s1. The molecule has 0 radical (unpaired) electrons. The SMILES string of the molecule is C[C@@H]1CN(C(=O)COc2ccc(Cl)c3cccnc23)[C@@H](C)CN1Cc1ccc(F)cc1. The van der Waals surface area contributed by atoms with Gasteiger partial charge in [0, 0.05) is 43.3 Å². The maximum absolute atomic E-state index is 13.2. The molecule has 1 aromatic heterocycles. The Hall–Kier alpha value is -2.70. The van der Waals surface area contributed by atoms with E-state index in [9.17, 15) is 9.18 Å². The summed E-state index contributed by atoms with van der Waals surface area (Å²) < 4.78 is 19.0. The monoisotopic (exact) mass is 441 g/mol. The zero-order chi connectivity index (χ0) is 22.0. The third-order valence-corrected chi connectivity index (χ3v) is 6.09. The average molecular weight is 442 g/mol. The van der Waals surface area contributed by atoms with Crippen molar-refractivity contribution in [3.05, 3.63) is 71.1 Å². The molecule has 1 fully saturated rings. The molecule has 2 aromatic carbocycles. The molecular formula is C24H25ClFN3O2. The second-order valence-corrected chi connectivity index (χ2v) is 8.44. The van der Waals surface area contributed by atoms with Crippen LogP contribution in [0.4, 0.5) is 4.39 Å². The largest absolute Gasteiger partial charge is 0.481 e. The fourth-order valence-electron chi connectivity index (χ4n) is 4.04. The van der Waals surface area contributed by atoms with E-state index >= 15 is 0 Å². The van der Waals surface area contributed by atoms with Crippen LogP contribution in [0.25, 0.3) is 10.9 Å². The summed E-state index contributed by atoms with van der Waals surface area (Å²) in [5.41, 5.74) is 1.71. The molecule has 0 N–H and O–H groups in total. The van der Waals surface area contributed by atoms with Crippen LogP contribution in [0.2, 0.25) is 5.02 Å². The summed E-state index contributed by atoms with van der Waals surface area (Å²) in [7, 11) is 0. The maximum atomic E-state index is 13.2. The van der Waals surface area contributed by atoms with Crippen molar-refractivity contribution in [3.63, 3.8) is 0 Å². The molecule has 0 saturated carbocycles. The smallest absolute Gasteiger partial charge is 0.260 e. The topological polar surface area (TPSA) is 45.7 Å². The van der Waals surface area contributed by atoms with Gasteiger partial charge in [0.25, 0.3) is 5.91 Å². The first-order valence-corrected chi connectivity index (χ1v) is 10.7. The molecule has 31 heavy (non-hydrogen) atoms. The highest BCUT2D eigenvalue weighted by Gasteiger charge is 2.32. The van der Waals surface area contributed by atoms with Gasteiger partial charge in [-0.1, -0.05) is 23.7 Å². The Morgan fingerprint density at radius 1 is 1.13 bits per heavy atom. The molecule has 3 aromatic rings. The van der Waals surface area contributed by atoms with Crippen molar-refractivity contribution in [2.24, 2.45) is 0 Å². The third-order valence-electron chi connectivity index (χ3n) is 5.76. The first kappa shape index (κ1) is 21.5. The van der Waals surface area contributed by atoms with Gasteiger partial charge in [0.2, 0.25) is 0 Å². The minimum Gasteiger partial charge on any atom is -0.481 e. The number of hydrogen-bond donors (Lipinski definition) is 0. The van der Waals surface area contributed by atoms with Crippen LogP contribution >= 0.6 is 11.6 Å². The highest BCUT2D eigenvalue weighted by molar-refractivity contribution is 6.35. The van der Waals surface area contributed by atoms with Crippen LogP contribution in [0, 0.1) is 5.82 Å². The summed E-state index contributed by atoms with van der Waals surface area (Å²) in [4.78, 5) is 21.5. The van der Waals surface area contributed by atoms with E-state index in [0.29, 0.717) is 22.8 Å². The molecule has 0 bridgehead atoms. The summed E-state index contributed by atoms with van der Waals surface area (Å²) >= 11 is 6.23. The van der Waals surface area contributed by atoms with Crippen molar-refractivity contribution < 1.29 is 13.9 Å². The lowest BCUT2D eigenvalue weighted by atomic mass is 10.1. The Morgan fingerprint density at radius 3 is 2.68 bits per heavy atom. The molecule has 0 aliphatic carbocycles. The molecule has 1 aliphatic heterocycles. The summed E-state index contributed by atoms with van der Waals surface area (Å²) in [5, 5.41) is 1.40. The molecule has 1 saturated heterocycles. The van der Waals surface area contributed by atoms with Gasteiger partial charge in [0.05, 0.1) is 5.02 Å². The number of fused-ring (bicyclic) bond motifs is 1. The molecule has 2 heterocycles. The minimum absolute atomic E-state index is 0.0489. The van der Waals surface area contributed by atoms with Crippen molar-refractivity contribution in [1.29, 1.82) is 0 Å². The van der Waals surface area contributed by atoms with Crippen LogP contribution in [-0.4, -0.2) is 52.5 Å². The molecule has 5 nitrogen and oxygen atoms in total. The normalized spacial score (nSPS) is 19.5. The quantitative estimate of drug-likeness (QED) is 0.583.